The number of carbonyl (C=O) groups excluding carboxylic acids is 1. The molecule has 1 amide bonds. The average molecular weight is 482 g/mol. The van der Waals surface area contributed by atoms with Gasteiger partial charge < -0.3 is 9.15 Å². The molecular weight excluding hydrogens is 450 g/mol. The van der Waals surface area contributed by atoms with Crippen molar-refractivity contribution in [3.05, 3.63) is 105 Å². The van der Waals surface area contributed by atoms with Crippen LogP contribution in [0.5, 0.6) is 5.75 Å². The van der Waals surface area contributed by atoms with E-state index in [1.165, 1.54) is 12.8 Å². The van der Waals surface area contributed by atoms with Crippen LogP contribution in [0.15, 0.2) is 75.9 Å². The molecule has 1 aliphatic heterocycles. The van der Waals surface area contributed by atoms with Crippen LogP contribution in [-0.4, -0.2) is 12.5 Å². The van der Waals surface area contributed by atoms with Gasteiger partial charge in [0.05, 0.1) is 23.6 Å². The van der Waals surface area contributed by atoms with Crippen molar-refractivity contribution in [2.45, 2.75) is 52.5 Å². The van der Waals surface area contributed by atoms with Gasteiger partial charge in [0.2, 0.25) is 5.76 Å². The van der Waals surface area contributed by atoms with Crippen LogP contribution in [0.4, 0.5) is 5.69 Å². The summed E-state index contributed by atoms with van der Waals surface area (Å²) >= 11 is 0. The molecule has 0 N–H and O–H groups in total. The number of ether oxygens (including phenoxy) is 1. The molecule has 0 radical (unpaired) electrons. The molecule has 0 saturated heterocycles. The van der Waals surface area contributed by atoms with Crippen molar-refractivity contribution in [1.29, 1.82) is 0 Å². The quantitative estimate of drug-likeness (QED) is 0.251. The monoisotopic (exact) mass is 481 g/mol. The number of anilines is 1. The van der Waals surface area contributed by atoms with Crippen molar-refractivity contribution in [3.8, 4) is 5.75 Å². The highest BCUT2D eigenvalue weighted by molar-refractivity contribution is 6.10. The summed E-state index contributed by atoms with van der Waals surface area (Å²) in [5, 5.41) is 0.490. The van der Waals surface area contributed by atoms with E-state index < -0.39 is 6.04 Å². The third kappa shape index (κ3) is 4.41. The molecule has 3 aromatic carbocycles. The largest absolute Gasteiger partial charge is 0.494 e. The zero-order chi connectivity index (χ0) is 25.2. The van der Waals surface area contributed by atoms with Gasteiger partial charge in [0, 0.05) is 5.69 Å². The van der Waals surface area contributed by atoms with Crippen molar-refractivity contribution in [3.63, 3.8) is 0 Å². The molecule has 0 bridgehead atoms. The molecule has 1 aliphatic rings. The van der Waals surface area contributed by atoms with E-state index in [9.17, 15) is 9.59 Å². The highest BCUT2D eigenvalue weighted by atomic mass is 16.5. The summed E-state index contributed by atoms with van der Waals surface area (Å²) in [6.45, 7) is 6.79. The van der Waals surface area contributed by atoms with Gasteiger partial charge in [-0.05, 0) is 67.8 Å². The summed E-state index contributed by atoms with van der Waals surface area (Å²) in [7, 11) is 0. The number of amides is 1. The van der Waals surface area contributed by atoms with Gasteiger partial charge in [-0.3, -0.25) is 14.5 Å². The van der Waals surface area contributed by atoms with Crippen molar-refractivity contribution in [2.75, 3.05) is 11.5 Å². The maximum atomic E-state index is 13.8. The maximum absolute atomic E-state index is 13.8. The Morgan fingerprint density at radius 3 is 2.42 bits per heavy atom. The Balaban J connectivity index is 1.58. The zero-order valence-corrected chi connectivity index (χ0v) is 21.0. The average Bonchev–Trinajstić information content (AvgIpc) is 3.17. The van der Waals surface area contributed by atoms with E-state index in [0.717, 1.165) is 41.0 Å². The molecule has 36 heavy (non-hydrogen) atoms. The molecule has 5 nitrogen and oxygen atoms in total. The first kappa shape index (κ1) is 23.9. The van der Waals surface area contributed by atoms with E-state index >= 15 is 0 Å². The lowest BCUT2D eigenvalue weighted by Gasteiger charge is -2.25. The number of fused-ring (bicyclic) bond motifs is 2. The third-order valence-corrected chi connectivity index (χ3v) is 6.77. The lowest BCUT2D eigenvalue weighted by Crippen LogP contribution is -2.29. The van der Waals surface area contributed by atoms with Crippen LogP contribution in [0.3, 0.4) is 0 Å². The summed E-state index contributed by atoms with van der Waals surface area (Å²) in [6, 6.07) is 20.4. The molecule has 5 heteroatoms. The molecule has 4 aromatic rings. The minimum Gasteiger partial charge on any atom is -0.494 e. The van der Waals surface area contributed by atoms with Crippen LogP contribution in [-0.2, 0) is 0 Å². The van der Waals surface area contributed by atoms with Crippen LogP contribution >= 0.6 is 0 Å². The molecule has 0 aliphatic carbocycles. The summed E-state index contributed by atoms with van der Waals surface area (Å²) in [6.07, 6.45) is 4.58. The number of aryl methyl sites for hydroxylation is 2. The second kappa shape index (κ2) is 10.0. The van der Waals surface area contributed by atoms with Gasteiger partial charge in [0.15, 0.2) is 5.43 Å². The summed E-state index contributed by atoms with van der Waals surface area (Å²) in [4.78, 5) is 29.2. The van der Waals surface area contributed by atoms with Crippen LogP contribution < -0.4 is 15.1 Å². The first-order valence-corrected chi connectivity index (χ1v) is 12.7. The van der Waals surface area contributed by atoms with E-state index in [-0.39, 0.29) is 17.1 Å². The predicted octanol–water partition coefficient (Wildman–Crippen LogP) is 7.12. The van der Waals surface area contributed by atoms with Crippen LogP contribution in [0.2, 0.25) is 0 Å². The van der Waals surface area contributed by atoms with Crippen molar-refractivity contribution in [1.82, 2.24) is 0 Å². The molecule has 0 saturated carbocycles. The zero-order valence-electron chi connectivity index (χ0n) is 21.0. The number of nitrogens with zero attached hydrogens (tertiary/aromatic N) is 1. The van der Waals surface area contributed by atoms with Gasteiger partial charge in [-0.15, -0.1) is 0 Å². The molecule has 1 aromatic heterocycles. The maximum Gasteiger partial charge on any atom is 0.295 e. The van der Waals surface area contributed by atoms with E-state index in [1.807, 2.05) is 74.5 Å². The number of unbranched alkanes of at least 4 members (excludes halogenated alkanes) is 3. The fraction of sp³-hybridized carbons (Fsp3) is 0.290. The summed E-state index contributed by atoms with van der Waals surface area (Å²) in [5.74, 6) is 0.582. The Morgan fingerprint density at radius 1 is 0.889 bits per heavy atom. The smallest absolute Gasteiger partial charge is 0.295 e. The number of hydrogen-bond donors (Lipinski definition) is 0. The van der Waals surface area contributed by atoms with Gasteiger partial charge in [-0.25, -0.2) is 0 Å². The van der Waals surface area contributed by atoms with Gasteiger partial charge in [-0.2, -0.15) is 0 Å². The van der Waals surface area contributed by atoms with E-state index in [2.05, 4.69) is 6.92 Å². The van der Waals surface area contributed by atoms with Gasteiger partial charge in [-0.1, -0.05) is 62.1 Å². The Hall–Kier alpha value is -3.86. The van der Waals surface area contributed by atoms with Crippen molar-refractivity contribution in [2.24, 2.45) is 0 Å². The van der Waals surface area contributed by atoms with E-state index in [0.29, 0.717) is 23.1 Å². The highest BCUT2D eigenvalue weighted by Crippen LogP contribution is 2.41. The Bertz CT molecular complexity index is 1470. The number of rotatable bonds is 8. The molecule has 1 unspecified atom stereocenters. The molecule has 0 fully saturated rings. The van der Waals surface area contributed by atoms with Crippen molar-refractivity contribution < 1.29 is 13.9 Å². The van der Waals surface area contributed by atoms with E-state index in [1.54, 1.807) is 11.0 Å². The van der Waals surface area contributed by atoms with Crippen LogP contribution in [0, 0.1) is 13.8 Å². The second-order valence-corrected chi connectivity index (χ2v) is 9.57. The molecule has 0 spiro atoms. The minimum absolute atomic E-state index is 0.110. The Labute approximate surface area is 211 Å². The fourth-order valence-corrected chi connectivity index (χ4v) is 4.91. The predicted molar refractivity (Wildman–Crippen MR) is 143 cm³/mol. The van der Waals surface area contributed by atoms with Crippen LogP contribution in [0.1, 0.15) is 71.5 Å². The highest BCUT2D eigenvalue weighted by Gasteiger charge is 2.43. The topological polar surface area (TPSA) is 59.8 Å². The van der Waals surface area contributed by atoms with Crippen LogP contribution in [0.25, 0.3) is 11.0 Å². The number of hydrogen-bond acceptors (Lipinski definition) is 4. The summed E-state index contributed by atoms with van der Waals surface area (Å²) in [5.41, 5.74) is 4.20. The molecule has 5 rings (SSSR count). The van der Waals surface area contributed by atoms with Gasteiger partial charge in [0.1, 0.15) is 11.3 Å². The van der Waals surface area contributed by atoms with E-state index in [4.69, 9.17) is 9.15 Å². The van der Waals surface area contributed by atoms with Crippen molar-refractivity contribution >= 4 is 22.6 Å². The SMILES string of the molecule is CCCCCCOc1ccc(C2c3c(oc4ccc(C)cc4c3=O)C(=O)N2c2cccc(C)c2)cc1. The summed E-state index contributed by atoms with van der Waals surface area (Å²) < 4.78 is 12.0. The standard InChI is InChI=1S/C31H31NO4/c1-4-5-6-7-17-35-24-14-12-22(13-15-24)28-27-29(33)25-19-21(3)11-16-26(25)36-30(27)31(34)32(28)23-10-8-9-20(2)18-23/h8-16,18-19,28H,4-7,17H2,1-3H3. The lowest BCUT2D eigenvalue weighted by molar-refractivity contribution is 0.0971. The Kier molecular flexibility index (Phi) is 6.64. The number of benzene rings is 3. The normalized spacial score (nSPS) is 14.9. The fourth-order valence-electron chi connectivity index (χ4n) is 4.91. The molecule has 184 valence electrons. The first-order chi connectivity index (χ1) is 17.5. The lowest BCUT2D eigenvalue weighted by atomic mass is 9.97. The minimum atomic E-state index is -0.589. The molecule has 1 atom stereocenters. The van der Waals surface area contributed by atoms with Gasteiger partial charge in [0.25, 0.3) is 5.91 Å². The first-order valence-electron chi connectivity index (χ1n) is 12.7. The third-order valence-electron chi connectivity index (χ3n) is 6.77. The van der Waals surface area contributed by atoms with Gasteiger partial charge >= 0.3 is 0 Å². The molecular formula is C31H31NO4. The Morgan fingerprint density at radius 2 is 1.67 bits per heavy atom. The number of carbonyl (C=O) groups is 1. The second-order valence-electron chi connectivity index (χ2n) is 9.57. The molecule has 2 heterocycles.